The van der Waals surface area contributed by atoms with Crippen LogP contribution in [0.2, 0.25) is 0 Å². The van der Waals surface area contributed by atoms with Gasteiger partial charge in [-0.05, 0) is 60.5 Å². The Hall–Kier alpha value is -3.51. The number of amides is 1. The number of hydrogen-bond acceptors (Lipinski definition) is 3. The molecule has 1 heterocycles. The second-order valence-electron chi connectivity index (χ2n) is 6.88. The Morgan fingerprint density at radius 2 is 1.73 bits per heavy atom. The number of anilines is 1. The van der Waals surface area contributed by atoms with Crippen molar-refractivity contribution in [3.63, 3.8) is 0 Å². The SMILES string of the molecule is Cc1cccc(N2C(=O)/C(=C\c3ccc(C(=O)O)cc3)N=C2c2ccc(Br)cc2)c1. The molecule has 0 saturated heterocycles. The molecular weight excluding hydrogens is 444 g/mol. The highest BCUT2D eigenvalue weighted by Gasteiger charge is 2.32. The first-order chi connectivity index (χ1) is 14.4. The van der Waals surface area contributed by atoms with Crippen LogP contribution in [-0.4, -0.2) is 22.8 Å². The number of amidine groups is 1. The molecule has 4 rings (SSSR count). The van der Waals surface area contributed by atoms with Crippen molar-refractivity contribution in [1.82, 2.24) is 0 Å². The van der Waals surface area contributed by atoms with Crippen LogP contribution in [0.25, 0.3) is 6.08 Å². The average Bonchev–Trinajstić information content (AvgIpc) is 3.05. The molecule has 1 amide bonds. The number of aromatic carboxylic acids is 1. The minimum absolute atomic E-state index is 0.190. The Kier molecular flexibility index (Phi) is 5.33. The van der Waals surface area contributed by atoms with E-state index in [0.29, 0.717) is 11.4 Å². The maximum Gasteiger partial charge on any atom is 0.335 e. The zero-order chi connectivity index (χ0) is 21.3. The van der Waals surface area contributed by atoms with Crippen LogP contribution in [0.3, 0.4) is 0 Å². The number of benzene rings is 3. The Bertz CT molecular complexity index is 1200. The summed E-state index contributed by atoms with van der Waals surface area (Å²) < 4.78 is 0.938. The number of rotatable bonds is 4. The van der Waals surface area contributed by atoms with Crippen LogP contribution in [0.5, 0.6) is 0 Å². The van der Waals surface area contributed by atoms with Gasteiger partial charge in [0, 0.05) is 10.0 Å². The van der Waals surface area contributed by atoms with Crippen molar-refractivity contribution in [2.45, 2.75) is 6.92 Å². The molecule has 0 saturated carbocycles. The number of nitrogens with zero attached hydrogens (tertiary/aromatic N) is 2. The summed E-state index contributed by atoms with van der Waals surface area (Å²) in [7, 11) is 0. The summed E-state index contributed by atoms with van der Waals surface area (Å²) in [5.41, 5.74) is 3.78. The van der Waals surface area contributed by atoms with Crippen LogP contribution < -0.4 is 4.90 Å². The summed E-state index contributed by atoms with van der Waals surface area (Å²) >= 11 is 3.43. The number of hydrogen-bond donors (Lipinski definition) is 1. The first kappa shape index (κ1) is 19.8. The first-order valence-corrected chi connectivity index (χ1v) is 10.0. The molecule has 0 unspecified atom stereocenters. The standard InChI is InChI=1S/C24H17BrN2O3/c1-15-3-2-4-20(13-15)27-22(17-9-11-19(25)12-10-17)26-21(23(27)28)14-16-5-7-18(8-6-16)24(29)30/h2-14H,1H3,(H,29,30)/b21-14+. The lowest BCUT2D eigenvalue weighted by molar-refractivity contribution is -0.113. The van der Waals surface area contributed by atoms with E-state index < -0.39 is 5.97 Å². The molecule has 1 aliphatic rings. The highest BCUT2D eigenvalue weighted by Crippen LogP contribution is 2.29. The number of carbonyl (C=O) groups is 2. The lowest BCUT2D eigenvalue weighted by Gasteiger charge is -2.19. The predicted octanol–water partition coefficient (Wildman–Crippen LogP) is 5.29. The van der Waals surface area contributed by atoms with Crippen molar-refractivity contribution < 1.29 is 14.7 Å². The Morgan fingerprint density at radius 3 is 2.37 bits per heavy atom. The maximum absolute atomic E-state index is 13.3. The largest absolute Gasteiger partial charge is 0.478 e. The lowest BCUT2D eigenvalue weighted by atomic mass is 10.1. The lowest BCUT2D eigenvalue weighted by Crippen LogP contribution is -2.32. The van der Waals surface area contributed by atoms with Gasteiger partial charge in [-0.3, -0.25) is 9.69 Å². The third-order valence-corrected chi connectivity index (χ3v) is 5.21. The molecule has 1 aliphatic heterocycles. The minimum atomic E-state index is -0.993. The van der Waals surface area contributed by atoms with E-state index in [0.717, 1.165) is 21.3 Å². The van der Waals surface area contributed by atoms with Crippen LogP contribution >= 0.6 is 15.9 Å². The maximum atomic E-state index is 13.3. The topological polar surface area (TPSA) is 70.0 Å². The van der Waals surface area contributed by atoms with E-state index in [1.807, 2.05) is 55.5 Å². The summed E-state index contributed by atoms with van der Waals surface area (Å²) in [5, 5.41) is 9.06. The molecule has 6 heteroatoms. The van der Waals surface area contributed by atoms with Crippen molar-refractivity contribution in [3.8, 4) is 0 Å². The van der Waals surface area contributed by atoms with Crippen LogP contribution in [0.1, 0.15) is 27.0 Å². The van der Waals surface area contributed by atoms with Crippen molar-refractivity contribution in [3.05, 3.63) is 105 Å². The zero-order valence-corrected chi connectivity index (χ0v) is 17.6. The Morgan fingerprint density at radius 1 is 1.03 bits per heavy atom. The van der Waals surface area contributed by atoms with E-state index in [2.05, 4.69) is 20.9 Å². The molecule has 0 radical (unpaired) electrons. The summed E-state index contributed by atoms with van der Waals surface area (Å²) in [5.74, 6) is -0.681. The fraction of sp³-hybridized carbons (Fsp3) is 0.0417. The second-order valence-corrected chi connectivity index (χ2v) is 7.79. The smallest absolute Gasteiger partial charge is 0.335 e. The first-order valence-electron chi connectivity index (χ1n) is 9.23. The zero-order valence-electron chi connectivity index (χ0n) is 16.0. The van der Waals surface area contributed by atoms with Crippen molar-refractivity contribution in [1.29, 1.82) is 0 Å². The third kappa shape index (κ3) is 3.95. The number of aliphatic imine (C=N–C) groups is 1. The van der Waals surface area contributed by atoms with Gasteiger partial charge in [-0.25, -0.2) is 9.79 Å². The molecule has 0 aliphatic carbocycles. The van der Waals surface area contributed by atoms with Crippen molar-refractivity contribution >= 4 is 45.4 Å². The van der Waals surface area contributed by atoms with Gasteiger partial charge in [-0.15, -0.1) is 0 Å². The summed E-state index contributed by atoms with van der Waals surface area (Å²) in [6.07, 6.45) is 1.67. The predicted molar refractivity (Wildman–Crippen MR) is 121 cm³/mol. The van der Waals surface area contributed by atoms with E-state index in [4.69, 9.17) is 5.11 Å². The van der Waals surface area contributed by atoms with Crippen LogP contribution in [-0.2, 0) is 4.79 Å². The molecule has 0 spiro atoms. The number of aryl methyl sites for hydroxylation is 1. The molecule has 0 bridgehead atoms. The number of carboxylic acids is 1. The molecule has 148 valence electrons. The fourth-order valence-corrected chi connectivity index (χ4v) is 3.46. The number of halogens is 1. The van der Waals surface area contributed by atoms with Crippen molar-refractivity contribution in [2.75, 3.05) is 4.90 Å². The summed E-state index contributed by atoms with van der Waals surface area (Å²) in [4.78, 5) is 30.6. The molecule has 0 fully saturated rings. The van der Waals surface area contributed by atoms with Gasteiger partial charge in [0.2, 0.25) is 0 Å². The van der Waals surface area contributed by atoms with E-state index in [1.54, 1.807) is 23.1 Å². The Labute approximate surface area is 182 Å². The summed E-state index contributed by atoms with van der Waals surface area (Å²) in [6, 6.07) is 21.7. The van der Waals surface area contributed by atoms with E-state index in [9.17, 15) is 9.59 Å². The van der Waals surface area contributed by atoms with Gasteiger partial charge in [0.15, 0.2) is 0 Å². The van der Waals surface area contributed by atoms with E-state index in [1.165, 1.54) is 12.1 Å². The van der Waals surface area contributed by atoms with Gasteiger partial charge in [0.1, 0.15) is 11.5 Å². The van der Waals surface area contributed by atoms with Crippen LogP contribution in [0, 0.1) is 6.92 Å². The normalized spacial score (nSPS) is 14.9. The van der Waals surface area contributed by atoms with Gasteiger partial charge in [-0.1, -0.05) is 52.3 Å². The van der Waals surface area contributed by atoms with Gasteiger partial charge >= 0.3 is 5.97 Å². The van der Waals surface area contributed by atoms with Crippen LogP contribution in [0.15, 0.2) is 88.0 Å². The summed E-state index contributed by atoms with van der Waals surface area (Å²) in [6.45, 7) is 1.97. The van der Waals surface area contributed by atoms with Crippen molar-refractivity contribution in [2.24, 2.45) is 4.99 Å². The average molecular weight is 461 g/mol. The molecule has 5 nitrogen and oxygen atoms in total. The molecule has 3 aromatic carbocycles. The third-order valence-electron chi connectivity index (χ3n) is 4.68. The molecule has 3 aromatic rings. The minimum Gasteiger partial charge on any atom is -0.478 e. The van der Waals surface area contributed by atoms with Gasteiger partial charge < -0.3 is 5.11 Å². The van der Waals surface area contributed by atoms with Crippen LogP contribution in [0.4, 0.5) is 5.69 Å². The van der Waals surface area contributed by atoms with Gasteiger partial charge in [0.25, 0.3) is 5.91 Å². The fourth-order valence-electron chi connectivity index (χ4n) is 3.20. The number of carboxylic acid groups (broad SMARTS) is 1. The van der Waals surface area contributed by atoms with E-state index in [-0.39, 0.29) is 17.2 Å². The molecule has 0 atom stereocenters. The molecule has 30 heavy (non-hydrogen) atoms. The molecule has 0 aromatic heterocycles. The monoisotopic (exact) mass is 460 g/mol. The highest BCUT2D eigenvalue weighted by molar-refractivity contribution is 9.10. The van der Waals surface area contributed by atoms with Gasteiger partial charge in [-0.2, -0.15) is 0 Å². The highest BCUT2D eigenvalue weighted by atomic mass is 79.9. The molecule has 1 N–H and O–H groups in total. The second kappa shape index (κ2) is 8.08. The van der Waals surface area contributed by atoms with E-state index >= 15 is 0 Å². The quantitative estimate of drug-likeness (QED) is 0.537. The number of carbonyl (C=O) groups excluding carboxylic acids is 1. The van der Waals surface area contributed by atoms with Gasteiger partial charge in [0.05, 0.1) is 11.3 Å². The molecular formula is C24H17BrN2O3. The Balaban J connectivity index is 1.79.